The van der Waals surface area contributed by atoms with Gasteiger partial charge in [-0.15, -0.1) is 0 Å². The molecular weight excluding hydrogens is 370 g/mol. The first-order chi connectivity index (χ1) is 9.21. The highest BCUT2D eigenvalue weighted by Gasteiger charge is 2.14. The van der Waals surface area contributed by atoms with Crippen LogP contribution in [0.1, 0.15) is 26.7 Å². The van der Waals surface area contributed by atoms with E-state index in [1.54, 1.807) is 0 Å². The van der Waals surface area contributed by atoms with E-state index < -0.39 is 0 Å². The van der Waals surface area contributed by atoms with Crippen molar-refractivity contribution < 1.29 is 4.74 Å². The molecule has 108 valence electrons. The fourth-order valence-electron chi connectivity index (χ4n) is 2.20. The number of benzene rings is 1. The zero-order chi connectivity index (χ0) is 14.1. The Balaban J connectivity index is 2.41. The molecule has 0 fully saturated rings. The van der Waals surface area contributed by atoms with Crippen LogP contribution in [0.3, 0.4) is 0 Å². The summed E-state index contributed by atoms with van der Waals surface area (Å²) in [5.41, 5.74) is 0. The lowest BCUT2D eigenvalue weighted by Crippen LogP contribution is -2.38. The van der Waals surface area contributed by atoms with Gasteiger partial charge in [0.05, 0.1) is 0 Å². The highest BCUT2D eigenvalue weighted by atomic mass is 79.9. The average molecular weight is 393 g/mol. The summed E-state index contributed by atoms with van der Waals surface area (Å²) in [6.45, 7) is 7.31. The quantitative estimate of drug-likeness (QED) is 0.564. The van der Waals surface area contributed by atoms with Gasteiger partial charge < -0.3 is 4.74 Å². The normalized spacial score (nSPS) is 11.3. The third-order valence-electron chi connectivity index (χ3n) is 3.29. The predicted octanol–water partition coefficient (Wildman–Crippen LogP) is 4.71. The first kappa shape index (κ1) is 17.0. The van der Waals surface area contributed by atoms with Crippen LogP contribution in [0, 0.1) is 0 Å². The molecule has 19 heavy (non-hydrogen) atoms. The Labute approximate surface area is 133 Å². The molecule has 0 heterocycles. The number of nitrogens with zero attached hydrogens (tertiary/aromatic N) is 1. The lowest BCUT2D eigenvalue weighted by atomic mass is 10.1. The third-order valence-corrected chi connectivity index (χ3v) is 4.17. The molecule has 0 spiro atoms. The molecule has 0 saturated carbocycles. The Morgan fingerprint density at radius 1 is 1.11 bits per heavy atom. The van der Waals surface area contributed by atoms with Crippen molar-refractivity contribution in [2.45, 2.75) is 32.7 Å². The smallest absolute Gasteiger partial charge is 0.119 e. The second-order valence-corrected chi connectivity index (χ2v) is 6.21. The van der Waals surface area contributed by atoms with Crippen molar-refractivity contribution in [3.8, 4) is 5.75 Å². The minimum Gasteiger partial charge on any atom is -0.492 e. The van der Waals surface area contributed by atoms with Crippen LogP contribution in [-0.4, -0.2) is 36.0 Å². The highest BCUT2D eigenvalue weighted by Crippen LogP contribution is 2.16. The topological polar surface area (TPSA) is 12.5 Å². The molecule has 0 aromatic heterocycles. The van der Waals surface area contributed by atoms with Crippen LogP contribution >= 0.6 is 31.9 Å². The van der Waals surface area contributed by atoms with Crippen LogP contribution in [-0.2, 0) is 0 Å². The van der Waals surface area contributed by atoms with Crippen LogP contribution < -0.4 is 4.74 Å². The van der Waals surface area contributed by atoms with Gasteiger partial charge in [0, 0.05) is 28.9 Å². The van der Waals surface area contributed by atoms with Gasteiger partial charge in [0.25, 0.3) is 0 Å². The number of alkyl halides is 1. The van der Waals surface area contributed by atoms with Crippen molar-refractivity contribution in [1.82, 2.24) is 4.90 Å². The Bertz CT molecular complexity index is 339. The fourth-order valence-corrected chi connectivity index (χ4v) is 2.92. The van der Waals surface area contributed by atoms with E-state index in [0.29, 0.717) is 6.04 Å². The maximum absolute atomic E-state index is 5.80. The molecule has 0 saturated heterocycles. The molecule has 0 amide bonds. The fraction of sp³-hybridized carbons (Fsp3) is 0.600. The maximum Gasteiger partial charge on any atom is 0.119 e. The number of rotatable bonds is 9. The van der Waals surface area contributed by atoms with Gasteiger partial charge in [-0.2, -0.15) is 0 Å². The van der Waals surface area contributed by atoms with Crippen molar-refractivity contribution in [1.29, 1.82) is 0 Å². The molecular formula is C15H23Br2NO. The Morgan fingerprint density at radius 3 is 2.26 bits per heavy atom. The van der Waals surface area contributed by atoms with Gasteiger partial charge in [0.2, 0.25) is 0 Å². The largest absolute Gasteiger partial charge is 0.492 e. The van der Waals surface area contributed by atoms with Crippen LogP contribution in [0.25, 0.3) is 0 Å². The molecule has 0 radical (unpaired) electrons. The van der Waals surface area contributed by atoms with Crippen molar-refractivity contribution in [2.24, 2.45) is 0 Å². The van der Waals surface area contributed by atoms with E-state index in [1.807, 2.05) is 24.3 Å². The summed E-state index contributed by atoms with van der Waals surface area (Å²) in [6, 6.07) is 8.66. The molecule has 0 atom stereocenters. The standard InChI is InChI=1S/C15H23Br2NO/c1-3-14(4-2)18(10-9-16)11-12-19-15-7-5-13(17)6-8-15/h5-8,14H,3-4,9-12H2,1-2H3. The third kappa shape index (κ3) is 6.28. The molecule has 0 unspecified atom stereocenters. The van der Waals surface area contributed by atoms with Crippen molar-refractivity contribution in [3.05, 3.63) is 28.7 Å². The van der Waals surface area contributed by atoms with E-state index in [4.69, 9.17) is 4.74 Å². The minimum atomic E-state index is 0.658. The van der Waals surface area contributed by atoms with Crippen molar-refractivity contribution in [3.63, 3.8) is 0 Å². The van der Waals surface area contributed by atoms with Gasteiger partial charge in [-0.1, -0.05) is 45.7 Å². The van der Waals surface area contributed by atoms with E-state index in [0.717, 1.165) is 35.2 Å². The predicted molar refractivity (Wildman–Crippen MR) is 89.4 cm³/mol. The van der Waals surface area contributed by atoms with E-state index >= 15 is 0 Å². The molecule has 0 bridgehead atoms. The van der Waals surface area contributed by atoms with Gasteiger partial charge in [-0.3, -0.25) is 4.90 Å². The number of hydrogen-bond acceptors (Lipinski definition) is 2. The van der Waals surface area contributed by atoms with Gasteiger partial charge in [0.1, 0.15) is 12.4 Å². The monoisotopic (exact) mass is 391 g/mol. The molecule has 0 aliphatic carbocycles. The van der Waals surface area contributed by atoms with Gasteiger partial charge in [-0.25, -0.2) is 0 Å². The molecule has 1 aromatic rings. The molecule has 0 aliphatic rings. The van der Waals surface area contributed by atoms with Crippen LogP contribution in [0.2, 0.25) is 0 Å². The second-order valence-electron chi connectivity index (χ2n) is 4.50. The summed E-state index contributed by atoms with van der Waals surface area (Å²) in [5.74, 6) is 0.937. The SMILES string of the molecule is CCC(CC)N(CCBr)CCOc1ccc(Br)cc1. The molecule has 0 aliphatic heterocycles. The highest BCUT2D eigenvalue weighted by molar-refractivity contribution is 9.10. The minimum absolute atomic E-state index is 0.658. The lowest BCUT2D eigenvalue weighted by Gasteiger charge is -2.29. The van der Waals surface area contributed by atoms with Crippen LogP contribution in [0.4, 0.5) is 0 Å². The molecule has 1 aromatic carbocycles. The number of halogens is 2. The van der Waals surface area contributed by atoms with E-state index in [-0.39, 0.29) is 0 Å². The second kappa shape index (κ2) is 9.78. The summed E-state index contributed by atoms with van der Waals surface area (Å²) in [6.07, 6.45) is 2.39. The summed E-state index contributed by atoms with van der Waals surface area (Å²) < 4.78 is 6.88. The van der Waals surface area contributed by atoms with Crippen molar-refractivity contribution >= 4 is 31.9 Å². The Morgan fingerprint density at radius 2 is 1.74 bits per heavy atom. The number of ether oxygens (including phenoxy) is 1. The summed E-state index contributed by atoms with van der Waals surface area (Å²) in [5, 5.41) is 1.02. The summed E-state index contributed by atoms with van der Waals surface area (Å²) in [4.78, 5) is 2.51. The van der Waals surface area contributed by atoms with Gasteiger partial charge >= 0.3 is 0 Å². The van der Waals surface area contributed by atoms with Crippen molar-refractivity contribution in [2.75, 3.05) is 25.0 Å². The van der Waals surface area contributed by atoms with Gasteiger partial charge in [0.15, 0.2) is 0 Å². The zero-order valence-electron chi connectivity index (χ0n) is 11.7. The van der Waals surface area contributed by atoms with E-state index in [1.165, 1.54) is 12.8 Å². The first-order valence-electron chi connectivity index (χ1n) is 6.89. The lowest BCUT2D eigenvalue weighted by molar-refractivity contribution is 0.160. The van der Waals surface area contributed by atoms with Crippen LogP contribution in [0.15, 0.2) is 28.7 Å². The molecule has 1 rings (SSSR count). The Kier molecular flexibility index (Phi) is 8.75. The molecule has 0 N–H and O–H groups in total. The zero-order valence-corrected chi connectivity index (χ0v) is 14.9. The molecule has 4 heteroatoms. The van der Waals surface area contributed by atoms with Crippen LogP contribution in [0.5, 0.6) is 5.75 Å². The Hall–Kier alpha value is -0.0600. The average Bonchev–Trinajstić information content (AvgIpc) is 2.42. The van der Waals surface area contributed by atoms with E-state index in [2.05, 4.69) is 50.6 Å². The summed E-state index contributed by atoms with van der Waals surface area (Å²) in [7, 11) is 0. The van der Waals surface area contributed by atoms with Gasteiger partial charge in [-0.05, 0) is 37.1 Å². The van der Waals surface area contributed by atoms with E-state index in [9.17, 15) is 0 Å². The molecule has 2 nitrogen and oxygen atoms in total. The number of hydrogen-bond donors (Lipinski definition) is 0. The summed E-state index contributed by atoms with van der Waals surface area (Å²) >= 11 is 6.96. The first-order valence-corrected chi connectivity index (χ1v) is 8.81. The maximum atomic E-state index is 5.80.